The summed E-state index contributed by atoms with van der Waals surface area (Å²) in [5.74, 6) is 0. The number of aliphatic hydroxyl groups excluding tert-OH is 1. The highest BCUT2D eigenvalue weighted by Crippen LogP contribution is 2.10. The zero-order chi connectivity index (χ0) is 11.8. The lowest BCUT2D eigenvalue weighted by Crippen LogP contribution is -2.35. The van der Waals surface area contributed by atoms with Crippen molar-refractivity contribution < 1.29 is 10.2 Å². The Hall–Kier alpha value is -0.160. The lowest BCUT2D eigenvalue weighted by Gasteiger charge is -2.21. The Morgan fingerprint density at radius 2 is 1.43 bits per heavy atom. The number of nitrogens with two attached hydrogens (primary N) is 2. The molecule has 0 aliphatic carbocycles. The van der Waals surface area contributed by atoms with Crippen molar-refractivity contribution in [2.45, 2.75) is 51.7 Å². The normalized spacial score (nSPS) is 12.0. The molecule has 0 aromatic rings. The molecule has 0 aromatic carbocycles. The number of hydrogen-bond acceptors (Lipinski definition) is 4. The van der Waals surface area contributed by atoms with Gasteiger partial charge in [-0.25, -0.2) is 0 Å². The van der Waals surface area contributed by atoms with E-state index in [-0.39, 0.29) is 6.61 Å². The maximum atomic E-state index is 9.31. The molecule has 0 amide bonds. The highest BCUT2D eigenvalue weighted by molar-refractivity contribution is 4.74. The molecule has 0 aliphatic heterocycles. The second-order valence-corrected chi connectivity index (χ2v) is 4.28. The van der Waals surface area contributed by atoms with Crippen molar-refractivity contribution >= 4 is 0 Å². The van der Waals surface area contributed by atoms with Crippen LogP contribution >= 0.6 is 0 Å². The Morgan fingerprint density at radius 3 is 1.43 bits per heavy atom. The molecule has 0 atom stereocenters. The van der Waals surface area contributed by atoms with E-state index in [9.17, 15) is 5.11 Å². The van der Waals surface area contributed by atoms with Crippen LogP contribution in [0.2, 0.25) is 0 Å². The first-order chi connectivity index (χ1) is 6.24. The maximum Gasteiger partial charge on any atom is 0.0764 e. The van der Waals surface area contributed by atoms with Gasteiger partial charge in [0.25, 0.3) is 0 Å². The van der Waals surface area contributed by atoms with E-state index in [1.165, 1.54) is 0 Å². The van der Waals surface area contributed by atoms with Gasteiger partial charge in [0.15, 0.2) is 0 Å². The largest absolute Gasteiger partial charge is 0.394 e. The third-order valence-corrected chi connectivity index (χ3v) is 2.10. The minimum absolute atomic E-state index is 0.0486. The van der Waals surface area contributed by atoms with Crippen LogP contribution in [0.1, 0.15) is 40.5 Å². The molecule has 0 radical (unpaired) electrons. The zero-order valence-corrected chi connectivity index (χ0v) is 9.88. The third-order valence-electron chi connectivity index (χ3n) is 2.10. The molecule has 0 saturated carbocycles. The van der Waals surface area contributed by atoms with E-state index in [2.05, 4.69) is 0 Å². The molecule has 0 aromatic heterocycles. The number of rotatable bonds is 4. The number of aliphatic hydroxyl groups is 2. The predicted molar refractivity (Wildman–Crippen MR) is 59.9 cm³/mol. The van der Waals surface area contributed by atoms with Gasteiger partial charge in [-0.2, -0.15) is 0 Å². The van der Waals surface area contributed by atoms with E-state index in [1.54, 1.807) is 13.8 Å². The summed E-state index contributed by atoms with van der Waals surface area (Å²) >= 11 is 0. The molecule has 0 unspecified atom stereocenters. The summed E-state index contributed by atoms with van der Waals surface area (Å²) in [6.45, 7) is 7.85. The first-order valence-electron chi connectivity index (χ1n) is 5.07. The highest BCUT2D eigenvalue weighted by Gasteiger charge is 2.18. The second kappa shape index (κ2) is 7.17. The van der Waals surface area contributed by atoms with Crippen LogP contribution in [0.4, 0.5) is 0 Å². The van der Waals surface area contributed by atoms with Crippen LogP contribution < -0.4 is 11.5 Å². The van der Waals surface area contributed by atoms with E-state index in [1.807, 2.05) is 13.8 Å². The lowest BCUT2D eigenvalue weighted by molar-refractivity contribution is 0.0414. The van der Waals surface area contributed by atoms with Gasteiger partial charge in [0.1, 0.15) is 0 Å². The lowest BCUT2D eigenvalue weighted by atomic mass is 9.98. The van der Waals surface area contributed by atoms with Crippen LogP contribution in [0.15, 0.2) is 0 Å². The molecule has 0 heterocycles. The van der Waals surface area contributed by atoms with Gasteiger partial charge in [-0.3, -0.25) is 0 Å². The smallest absolute Gasteiger partial charge is 0.0764 e. The van der Waals surface area contributed by atoms with Gasteiger partial charge in [0.2, 0.25) is 0 Å². The summed E-state index contributed by atoms with van der Waals surface area (Å²) < 4.78 is 0. The van der Waals surface area contributed by atoms with Crippen molar-refractivity contribution in [2.75, 3.05) is 13.2 Å². The molecular weight excluding hydrogens is 180 g/mol. The van der Waals surface area contributed by atoms with E-state index in [0.717, 1.165) is 12.8 Å². The van der Waals surface area contributed by atoms with Gasteiger partial charge < -0.3 is 21.7 Å². The average molecular weight is 206 g/mol. The second-order valence-electron chi connectivity index (χ2n) is 4.28. The van der Waals surface area contributed by atoms with Gasteiger partial charge >= 0.3 is 0 Å². The van der Waals surface area contributed by atoms with E-state index in [0.29, 0.717) is 6.54 Å². The molecule has 0 rings (SSSR count). The Balaban J connectivity index is 0. The first-order valence-corrected chi connectivity index (χ1v) is 5.07. The van der Waals surface area contributed by atoms with Crippen molar-refractivity contribution in [3.8, 4) is 0 Å². The molecule has 0 fully saturated rings. The number of hydrogen-bond donors (Lipinski definition) is 4. The Kier molecular flexibility index (Phi) is 8.34. The minimum atomic E-state index is -0.597. The SMILES string of the molecule is CC(C)(N)CO.CCC(O)(CC)CN. The molecule has 6 N–H and O–H groups in total. The maximum absolute atomic E-state index is 9.31. The van der Waals surface area contributed by atoms with Crippen LogP contribution in [-0.4, -0.2) is 34.5 Å². The fraction of sp³-hybridized carbons (Fsp3) is 1.00. The van der Waals surface area contributed by atoms with Crippen LogP contribution in [0.25, 0.3) is 0 Å². The summed E-state index contributed by atoms with van der Waals surface area (Å²) in [6.07, 6.45) is 1.50. The molecule has 0 spiro atoms. The Morgan fingerprint density at radius 1 is 1.14 bits per heavy atom. The van der Waals surface area contributed by atoms with Gasteiger partial charge in [-0.15, -0.1) is 0 Å². The molecular formula is C10H26N2O2. The predicted octanol–water partition coefficient (Wildman–Crippen LogP) is 0.212. The topological polar surface area (TPSA) is 92.5 Å². The van der Waals surface area contributed by atoms with E-state index < -0.39 is 11.1 Å². The van der Waals surface area contributed by atoms with E-state index >= 15 is 0 Å². The van der Waals surface area contributed by atoms with Crippen LogP contribution in [0, 0.1) is 0 Å². The monoisotopic (exact) mass is 206 g/mol. The van der Waals surface area contributed by atoms with Crippen molar-refractivity contribution in [1.29, 1.82) is 0 Å². The van der Waals surface area contributed by atoms with Gasteiger partial charge in [-0.1, -0.05) is 13.8 Å². The summed E-state index contributed by atoms with van der Waals surface area (Å²) in [5.41, 5.74) is 9.56. The molecule has 4 nitrogen and oxygen atoms in total. The standard InChI is InChI=1S/C6H15NO.C4H11NO/c1-3-6(8,4-2)5-7;1-4(2,5)3-6/h8H,3-5,7H2,1-2H3;6H,3,5H2,1-2H3. The van der Waals surface area contributed by atoms with Crippen molar-refractivity contribution in [3.63, 3.8) is 0 Å². The summed E-state index contributed by atoms with van der Waals surface area (Å²) in [4.78, 5) is 0. The summed E-state index contributed by atoms with van der Waals surface area (Å²) in [6, 6.07) is 0. The zero-order valence-electron chi connectivity index (χ0n) is 9.88. The first kappa shape index (κ1) is 16.3. The van der Waals surface area contributed by atoms with Crippen LogP contribution in [0.5, 0.6) is 0 Å². The molecule has 0 bridgehead atoms. The minimum Gasteiger partial charge on any atom is -0.394 e. The molecule has 88 valence electrons. The molecule has 0 aliphatic rings. The molecule has 14 heavy (non-hydrogen) atoms. The summed E-state index contributed by atoms with van der Waals surface area (Å²) in [7, 11) is 0. The fourth-order valence-electron chi connectivity index (χ4n) is 0.539. The fourth-order valence-corrected chi connectivity index (χ4v) is 0.539. The van der Waals surface area contributed by atoms with Crippen LogP contribution in [0.3, 0.4) is 0 Å². The van der Waals surface area contributed by atoms with E-state index in [4.69, 9.17) is 16.6 Å². The van der Waals surface area contributed by atoms with Crippen molar-refractivity contribution in [2.24, 2.45) is 11.5 Å². The molecule has 4 heteroatoms. The Bertz CT molecular complexity index is 120. The van der Waals surface area contributed by atoms with Crippen molar-refractivity contribution in [1.82, 2.24) is 0 Å². The third kappa shape index (κ3) is 9.92. The Labute approximate surface area is 87.3 Å². The van der Waals surface area contributed by atoms with Gasteiger partial charge in [-0.05, 0) is 26.7 Å². The summed E-state index contributed by atoms with van der Waals surface area (Å²) in [5, 5.41) is 17.6. The average Bonchev–Trinajstić information content (AvgIpc) is 2.16. The van der Waals surface area contributed by atoms with Crippen molar-refractivity contribution in [3.05, 3.63) is 0 Å². The van der Waals surface area contributed by atoms with Crippen LogP contribution in [-0.2, 0) is 0 Å². The van der Waals surface area contributed by atoms with Gasteiger partial charge in [0.05, 0.1) is 12.2 Å². The highest BCUT2D eigenvalue weighted by atomic mass is 16.3. The molecule has 0 saturated heterocycles. The van der Waals surface area contributed by atoms with Gasteiger partial charge in [0, 0.05) is 12.1 Å². The quantitative estimate of drug-likeness (QED) is 0.529.